The van der Waals surface area contributed by atoms with Gasteiger partial charge >= 0.3 is 0 Å². The molecule has 0 aromatic carbocycles. The van der Waals surface area contributed by atoms with Gasteiger partial charge in [-0.05, 0) is 29.2 Å². The van der Waals surface area contributed by atoms with Crippen LogP contribution in [-0.4, -0.2) is 25.5 Å². The Bertz CT molecular complexity index is 474. The molecule has 0 bridgehead atoms. The number of hydrogen-bond acceptors (Lipinski definition) is 6. The zero-order valence-corrected chi connectivity index (χ0v) is 8.79. The molecule has 1 amide bonds. The molecule has 0 saturated carbocycles. The Morgan fingerprint density at radius 1 is 1.53 bits per heavy atom. The van der Waals surface area contributed by atoms with Crippen LogP contribution in [0.5, 0.6) is 0 Å². The Balaban J connectivity index is 2.13. The molecule has 15 heavy (non-hydrogen) atoms. The van der Waals surface area contributed by atoms with Gasteiger partial charge in [-0.25, -0.2) is 9.97 Å². The maximum Gasteiger partial charge on any atom is 0.278 e. The standard InChI is InChI=1S/C7H4ClN5OS/c8-7-9-2-1-5(11-7)10-6(14)4-3-15-13-12-4/h1-3H,(H,9,10,11,14). The van der Waals surface area contributed by atoms with Crippen LogP contribution in [0.1, 0.15) is 10.5 Å². The Labute approximate surface area is 93.5 Å². The van der Waals surface area contributed by atoms with E-state index in [4.69, 9.17) is 11.6 Å². The third kappa shape index (κ3) is 2.45. The van der Waals surface area contributed by atoms with Crippen molar-refractivity contribution in [1.82, 2.24) is 19.6 Å². The third-order valence-electron chi connectivity index (χ3n) is 1.46. The van der Waals surface area contributed by atoms with Crippen LogP contribution >= 0.6 is 23.1 Å². The molecule has 2 heterocycles. The van der Waals surface area contributed by atoms with Crippen molar-refractivity contribution in [2.45, 2.75) is 0 Å². The van der Waals surface area contributed by atoms with Gasteiger partial charge in [-0.2, -0.15) is 0 Å². The van der Waals surface area contributed by atoms with Crippen molar-refractivity contribution in [2.24, 2.45) is 0 Å². The highest BCUT2D eigenvalue weighted by Gasteiger charge is 2.09. The molecule has 0 aliphatic rings. The van der Waals surface area contributed by atoms with Crippen LogP contribution in [0.2, 0.25) is 5.28 Å². The van der Waals surface area contributed by atoms with Crippen molar-refractivity contribution >= 4 is 34.9 Å². The summed E-state index contributed by atoms with van der Waals surface area (Å²) < 4.78 is 3.57. The summed E-state index contributed by atoms with van der Waals surface area (Å²) in [5, 5.41) is 7.74. The van der Waals surface area contributed by atoms with Gasteiger partial charge in [0.15, 0.2) is 5.69 Å². The van der Waals surface area contributed by atoms with E-state index in [0.29, 0.717) is 5.82 Å². The zero-order chi connectivity index (χ0) is 10.7. The number of carbonyl (C=O) groups excluding carboxylic acids is 1. The van der Waals surface area contributed by atoms with Crippen molar-refractivity contribution in [3.8, 4) is 0 Å². The molecule has 0 radical (unpaired) electrons. The van der Waals surface area contributed by atoms with Crippen LogP contribution in [0.15, 0.2) is 17.6 Å². The van der Waals surface area contributed by atoms with Crippen molar-refractivity contribution in [3.63, 3.8) is 0 Å². The lowest BCUT2D eigenvalue weighted by molar-refractivity contribution is 0.102. The van der Waals surface area contributed by atoms with Crippen LogP contribution in [0.25, 0.3) is 0 Å². The second kappa shape index (κ2) is 4.28. The SMILES string of the molecule is O=C(Nc1ccnc(Cl)n1)c1csnn1. The summed E-state index contributed by atoms with van der Waals surface area (Å²) >= 11 is 6.65. The molecule has 0 spiro atoms. The Kier molecular flexibility index (Phi) is 2.84. The minimum absolute atomic E-state index is 0.0733. The Hall–Kier alpha value is -1.60. The molecule has 0 unspecified atom stereocenters. The summed E-state index contributed by atoms with van der Waals surface area (Å²) in [6, 6.07) is 1.53. The molecular weight excluding hydrogens is 238 g/mol. The average molecular weight is 242 g/mol. The van der Waals surface area contributed by atoms with Crippen molar-refractivity contribution in [3.05, 3.63) is 28.6 Å². The van der Waals surface area contributed by atoms with Gasteiger partial charge in [0.2, 0.25) is 5.28 Å². The summed E-state index contributed by atoms with van der Waals surface area (Å²) in [4.78, 5) is 19.0. The quantitative estimate of drug-likeness (QED) is 0.800. The highest BCUT2D eigenvalue weighted by atomic mass is 35.5. The van der Waals surface area contributed by atoms with E-state index < -0.39 is 0 Å². The van der Waals surface area contributed by atoms with E-state index in [9.17, 15) is 4.79 Å². The molecule has 6 nitrogen and oxygen atoms in total. The third-order valence-corrected chi connectivity index (χ3v) is 2.15. The number of aromatic nitrogens is 4. The maximum absolute atomic E-state index is 11.5. The fraction of sp³-hybridized carbons (Fsp3) is 0. The fourth-order valence-electron chi connectivity index (χ4n) is 0.848. The van der Waals surface area contributed by atoms with E-state index in [0.717, 1.165) is 11.5 Å². The van der Waals surface area contributed by atoms with Crippen LogP contribution < -0.4 is 5.32 Å². The van der Waals surface area contributed by atoms with E-state index in [1.807, 2.05) is 0 Å². The highest BCUT2D eigenvalue weighted by molar-refractivity contribution is 7.03. The molecule has 0 fully saturated rings. The van der Waals surface area contributed by atoms with E-state index in [1.165, 1.54) is 17.6 Å². The number of nitrogens with zero attached hydrogens (tertiary/aromatic N) is 4. The van der Waals surface area contributed by atoms with Crippen molar-refractivity contribution in [2.75, 3.05) is 5.32 Å². The van der Waals surface area contributed by atoms with Gasteiger partial charge in [-0.1, -0.05) is 4.49 Å². The van der Waals surface area contributed by atoms with Gasteiger partial charge in [0, 0.05) is 11.6 Å². The van der Waals surface area contributed by atoms with Crippen LogP contribution in [0.3, 0.4) is 0 Å². The molecule has 0 atom stereocenters. The molecule has 0 saturated heterocycles. The van der Waals surface area contributed by atoms with Gasteiger partial charge in [-0.15, -0.1) is 5.10 Å². The van der Waals surface area contributed by atoms with Gasteiger partial charge in [0.05, 0.1) is 0 Å². The first-order valence-corrected chi connectivity index (χ1v) is 5.04. The number of hydrogen-bond donors (Lipinski definition) is 1. The molecule has 2 rings (SSSR count). The summed E-state index contributed by atoms with van der Waals surface area (Å²) in [7, 11) is 0. The number of amides is 1. The lowest BCUT2D eigenvalue weighted by Crippen LogP contribution is -2.13. The lowest BCUT2D eigenvalue weighted by Gasteiger charge is -2.00. The van der Waals surface area contributed by atoms with E-state index >= 15 is 0 Å². The maximum atomic E-state index is 11.5. The van der Waals surface area contributed by atoms with Crippen molar-refractivity contribution in [1.29, 1.82) is 0 Å². The summed E-state index contributed by atoms with van der Waals surface area (Å²) in [5.74, 6) is -0.0495. The second-order valence-corrected chi connectivity index (χ2v) is 3.40. The van der Waals surface area contributed by atoms with E-state index in [1.54, 1.807) is 0 Å². The monoisotopic (exact) mass is 241 g/mol. The van der Waals surface area contributed by atoms with Crippen LogP contribution in [0, 0.1) is 0 Å². The predicted octanol–water partition coefficient (Wildman–Crippen LogP) is 1.23. The largest absolute Gasteiger partial charge is 0.305 e. The number of anilines is 1. The van der Waals surface area contributed by atoms with Crippen LogP contribution in [-0.2, 0) is 0 Å². The topological polar surface area (TPSA) is 80.7 Å². The smallest absolute Gasteiger partial charge is 0.278 e. The summed E-state index contributed by atoms with van der Waals surface area (Å²) in [6.45, 7) is 0. The first-order valence-electron chi connectivity index (χ1n) is 3.82. The summed E-state index contributed by atoms with van der Waals surface area (Å²) in [5.41, 5.74) is 0.245. The number of rotatable bonds is 2. The number of carbonyl (C=O) groups is 1. The fourth-order valence-corrected chi connectivity index (χ4v) is 1.43. The van der Waals surface area contributed by atoms with Crippen LogP contribution in [0.4, 0.5) is 5.82 Å². The normalized spacial score (nSPS) is 9.93. The Morgan fingerprint density at radius 2 is 2.40 bits per heavy atom. The zero-order valence-electron chi connectivity index (χ0n) is 7.22. The minimum atomic E-state index is -0.376. The van der Waals surface area contributed by atoms with Gasteiger partial charge in [-0.3, -0.25) is 4.79 Å². The van der Waals surface area contributed by atoms with Gasteiger partial charge < -0.3 is 5.32 Å². The first-order chi connectivity index (χ1) is 7.25. The highest BCUT2D eigenvalue weighted by Crippen LogP contribution is 2.07. The summed E-state index contributed by atoms with van der Waals surface area (Å²) in [6.07, 6.45) is 1.45. The van der Waals surface area contributed by atoms with Gasteiger partial charge in [0.25, 0.3) is 5.91 Å². The second-order valence-electron chi connectivity index (χ2n) is 2.46. The number of halogens is 1. The molecule has 8 heteroatoms. The lowest BCUT2D eigenvalue weighted by atomic mass is 10.4. The predicted molar refractivity (Wildman–Crippen MR) is 54.9 cm³/mol. The molecule has 1 N–H and O–H groups in total. The average Bonchev–Trinajstić information content (AvgIpc) is 2.70. The van der Waals surface area contributed by atoms with Gasteiger partial charge in [0.1, 0.15) is 5.82 Å². The molecular formula is C7H4ClN5OS. The first kappa shape index (κ1) is 9.94. The molecule has 0 aliphatic heterocycles. The minimum Gasteiger partial charge on any atom is -0.305 e. The number of nitrogens with one attached hydrogen (secondary N) is 1. The molecule has 0 aliphatic carbocycles. The Morgan fingerprint density at radius 3 is 3.07 bits per heavy atom. The molecule has 2 aromatic rings. The van der Waals surface area contributed by atoms with E-state index in [2.05, 4.69) is 24.9 Å². The van der Waals surface area contributed by atoms with Crippen molar-refractivity contribution < 1.29 is 4.79 Å². The molecule has 2 aromatic heterocycles. The van der Waals surface area contributed by atoms with E-state index in [-0.39, 0.29) is 16.9 Å². The molecule has 76 valence electrons.